The zero-order chi connectivity index (χ0) is 12.3. The molecule has 0 aromatic rings. The lowest BCUT2D eigenvalue weighted by Crippen LogP contribution is -2.41. The molecule has 0 aromatic carbocycles. The van der Waals surface area contributed by atoms with Gasteiger partial charge in [-0.15, -0.1) is 0 Å². The second-order valence-corrected chi connectivity index (χ2v) is 6.64. The van der Waals surface area contributed by atoms with Crippen molar-refractivity contribution in [3.05, 3.63) is 0 Å². The maximum Gasteiger partial charge on any atom is 0.156 e. The Morgan fingerprint density at radius 2 is 2.12 bits per heavy atom. The Labute approximate surface area is 104 Å². The fourth-order valence-electron chi connectivity index (χ4n) is 1.27. The van der Waals surface area contributed by atoms with Crippen molar-refractivity contribution in [1.29, 1.82) is 0 Å². The molecule has 1 rings (SSSR count). The van der Waals surface area contributed by atoms with Crippen LogP contribution in [-0.4, -0.2) is 48.0 Å². The molecule has 0 aliphatic carbocycles. The SMILES string of the molecule is CC(C)C1CSC(=NCC(C)(C)N(C)C)N1. The fourth-order valence-corrected chi connectivity index (χ4v) is 2.46. The van der Waals surface area contributed by atoms with Crippen LogP contribution in [0.1, 0.15) is 27.7 Å². The Morgan fingerprint density at radius 1 is 1.50 bits per heavy atom. The molecular formula is C12H25N3S. The normalized spacial score (nSPS) is 24.5. The van der Waals surface area contributed by atoms with E-state index >= 15 is 0 Å². The predicted octanol–water partition coefficient (Wildman–Crippen LogP) is 2.04. The third-order valence-electron chi connectivity index (χ3n) is 3.33. The summed E-state index contributed by atoms with van der Waals surface area (Å²) < 4.78 is 0. The number of thioether (sulfide) groups is 1. The average molecular weight is 243 g/mol. The van der Waals surface area contributed by atoms with Gasteiger partial charge in [0, 0.05) is 17.3 Å². The number of nitrogens with one attached hydrogen (secondary N) is 1. The summed E-state index contributed by atoms with van der Waals surface area (Å²) in [7, 11) is 4.21. The van der Waals surface area contributed by atoms with Gasteiger partial charge in [0.05, 0.1) is 6.54 Å². The number of aliphatic imine (C=N–C) groups is 1. The quantitative estimate of drug-likeness (QED) is 0.819. The molecule has 4 heteroatoms. The van der Waals surface area contributed by atoms with Gasteiger partial charge in [0.1, 0.15) is 0 Å². The van der Waals surface area contributed by atoms with Crippen molar-refractivity contribution >= 4 is 16.9 Å². The number of hydrogen-bond acceptors (Lipinski definition) is 3. The van der Waals surface area contributed by atoms with E-state index in [4.69, 9.17) is 0 Å². The molecule has 1 N–H and O–H groups in total. The molecule has 1 saturated heterocycles. The molecule has 94 valence electrons. The van der Waals surface area contributed by atoms with E-state index < -0.39 is 0 Å². The van der Waals surface area contributed by atoms with Crippen molar-refractivity contribution in [2.24, 2.45) is 10.9 Å². The number of amidine groups is 1. The first-order valence-electron chi connectivity index (χ1n) is 5.94. The summed E-state index contributed by atoms with van der Waals surface area (Å²) in [5.74, 6) is 1.83. The van der Waals surface area contributed by atoms with Crippen LogP contribution in [0.15, 0.2) is 4.99 Å². The van der Waals surface area contributed by atoms with Gasteiger partial charge >= 0.3 is 0 Å². The van der Waals surface area contributed by atoms with Crippen LogP contribution >= 0.6 is 11.8 Å². The molecular weight excluding hydrogens is 218 g/mol. The van der Waals surface area contributed by atoms with Crippen LogP contribution in [-0.2, 0) is 0 Å². The van der Waals surface area contributed by atoms with Crippen LogP contribution in [0.4, 0.5) is 0 Å². The summed E-state index contributed by atoms with van der Waals surface area (Å²) in [6.45, 7) is 9.79. The van der Waals surface area contributed by atoms with Crippen LogP contribution in [0.3, 0.4) is 0 Å². The first-order valence-corrected chi connectivity index (χ1v) is 6.92. The van der Waals surface area contributed by atoms with Crippen LogP contribution in [0, 0.1) is 5.92 Å². The lowest BCUT2D eigenvalue weighted by molar-refractivity contribution is 0.205. The molecule has 0 spiro atoms. The summed E-state index contributed by atoms with van der Waals surface area (Å²) in [6, 6.07) is 0.589. The van der Waals surface area contributed by atoms with Crippen LogP contribution in [0.25, 0.3) is 0 Å². The Hall–Kier alpha value is -0.220. The predicted molar refractivity (Wildman–Crippen MR) is 74.3 cm³/mol. The number of nitrogens with zero attached hydrogens (tertiary/aromatic N) is 2. The van der Waals surface area contributed by atoms with Crippen molar-refractivity contribution in [3.8, 4) is 0 Å². The van der Waals surface area contributed by atoms with E-state index in [1.807, 2.05) is 11.8 Å². The Balaban J connectivity index is 2.48. The lowest BCUT2D eigenvalue weighted by Gasteiger charge is -2.30. The maximum absolute atomic E-state index is 4.68. The van der Waals surface area contributed by atoms with Gasteiger partial charge in [-0.3, -0.25) is 4.99 Å². The first kappa shape index (κ1) is 13.8. The number of hydrogen-bond donors (Lipinski definition) is 1. The Kier molecular flexibility index (Phi) is 4.68. The topological polar surface area (TPSA) is 27.6 Å². The highest BCUT2D eigenvalue weighted by Gasteiger charge is 2.24. The molecule has 1 fully saturated rings. The summed E-state index contributed by atoms with van der Waals surface area (Å²) in [6.07, 6.45) is 0. The van der Waals surface area contributed by atoms with Crippen LogP contribution < -0.4 is 5.32 Å². The number of likely N-dealkylation sites (N-methyl/N-ethyl adjacent to an activating group) is 1. The third-order valence-corrected chi connectivity index (χ3v) is 4.38. The monoisotopic (exact) mass is 243 g/mol. The summed E-state index contributed by atoms with van der Waals surface area (Å²) in [5, 5.41) is 4.62. The van der Waals surface area contributed by atoms with E-state index in [0.717, 1.165) is 17.5 Å². The van der Waals surface area contributed by atoms with E-state index in [1.165, 1.54) is 0 Å². The number of rotatable bonds is 4. The smallest absolute Gasteiger partial charge is 0.156 e. The van der Waals surface area contributed by atoms with Gasteiger partial charge in [-0.05, 0) is 33.9 Å². The largest absolute Gasteiger partial charge is 0.361 e. The molecule has 3 nitrogen and oxygen atoms in total. The highest BCUT2D eigenvalue weighted by atomic mass is 32.2. The molecule has 1 atom stereocenters. The van der Waals surface area contributed by atoms with E-state index in [0.29, 0.717) is 12.0 Å². The Morgan fingerprint density at radius 3 is 2.56 bits per heavy atom. The molecule has 0 bridgehead atoms. The van der Waals surface area contributed by atoms with Gasteiger partial charge in [-0.2, -0.15) is 0 Å². The molecule has 0 amide bonds. The zero-order valence-corrected chi connectivity index (χ0v) is 12.2. The minimum Gasteiger partial charge on any atom is -0.361 e. The van der Waals surface area contributed by atoms with Crippen molar-refractivity contribution in [1.82, 2.24) is 10.2 Å². The van der Waals surface area contributed by atoms with Crippen LogP contribution in [0.2, 0.25) is 0 Å². The standard InChI is InChI=1S/C12H25N3S/c1-9(2)10-7-16-11(14-10)13-8-12(3,4)15(5)6/h9-10H,7-8H2,1-6H3,(H,13,14). The second-order valence-electron chi connectivity index (χ2n) is 5.63. The van der Waals surface area contributed by atoms with Gasteiger partial charge in [0.15, 0.2) is 5.17 Å². The summed E-state index contributed by atoms with van der Waals surface area (Å²) in [5.41, 5.74) is 0.130. The minimum absolute atomic E-state index is 0.130. The van der Waals surface area contributed by atoms with Gasteiger partial charge in [0.2, 0.25) is 0 Å². The van der Waals surface area contributed by atoms with Crippen molar-refractivity contribution in [2.75, 3.05) is 26.4 Å². The molecule has 0 saturated carbocycles. The summed E-state index contributed by atoms with van der Waals surface area (Å²) >= 11 is 1.85. The van der Waals surface area contributed by atoms with E-state index in [1.54, 1.807) is 0 Å². The van der Waals surface area contributed by atoms with Gasteiger partial charge < -0.3 is 10.2 Å². The van der Waals surface area contributed by atoms with E-state index in [2.05, 4.69) is 57.0 Å². The molecule has 16 heavy (non-hydrogen) atoms. The lowest BCUT2D eigenvalue weighted by atomic mass is 10.1. The average Bonchev–Trinajstić information content (AvgIpc) is 2.63. The van der Waals surface area contributed by atoms with Gasteiger partial charge in [-0.1, -0.05) is 25.6 Å². The van der Waals surface area contributed by atoms with Crippen molar-refractivity contribution < 1.29 is 0 Å². The molecule has 0 radical (unpaired) electrons. The maximum atomic E-state index is 4.68. The second kappa shape index (κ2) is 5.41. The van der Waals surface area contributed by atoms with Crippen molar-refractivity contribution in [3.63, 3.8) is 0 Å². The van der Waals surface area contributed by atoms with Gasteiger partial charge in [0.25, 0.3) is 0 Å². The highest BCUT2D eigenvalue weighted by Crippen LogP contribution is 2.20. The third kappa shape index (κ3) is 3.67. The highest BCUT2D eigenvalue weighted by molar-refractivity contribution is 8.14. The van der Waals surface area contributed by atoms with Gasteiger partial charge in [-0.25, -0.2) is 0 Å². The molecule has 1 heterocycles. The minimum atomic E-state index is 0.130. The molecule has 0 aromatic heterocycles. The van der Waals surface area contributed by atoms with E-state index in [9.17, 15) is 0 Å². The van der Waals surface area contributed by atoms with Crippen molar-refractivity contribution in [2.45, 2.75) is 39.3 Å². The molecule has 1 unspecified atom stereocenters. The molecule has 1 aliphatic heterocycles. The van der Waals surface area contributed by atoms with E-state index in [-0.39, 0.29) is 5.54 Å². The first-order chi connectivity index (χ1) is 7.33. The fraction of sp³-hybridized carbons (Fsp3) is 0.917. The zero-order valence-electron chi connectivity index (χ0n) is 11.4. The molecule has 1 aliphatic rings. The Bertz CT molecular complexity index is 259. The summed E-state index contributed by atoms with van der Waals surface area (Å²) in [4.78, 5) is 6.89. The van der Waals surface area contributed by atoms with Crippen LogP contribution in [0.5, 0.6) is 0 Å².